The number of nitrogens with one attached hydrogen (secondary N) is 1. The Hall–Kier alpha value is -2.69. The summed E-state index contributed by atoms with van der Waals surface area (Å²) in [5.74, 6) is -0.593. The molecule has 2 aromatic rings. The normalized spacial score (nSPS) is 10.3. The van der Waals surface area contributed by atoms with Gasteiger partial charge in [-0.25, -0.2) is 0 Å². The number of Topliss-reactive ketones (excluding diaryl/α,β-unsaturated/α-hetero) is 1. The number of carbonyl (C=O) groups excluding carboxylic acids is 2. The fourth-order valence-electron chi connectivity index (χ4n) is 2.19. The Balaban J connectivity index is 2.54. The van der Waals surface area contributed by atoms with Crippen LogP contribution >= 0.6 is 0 Å². The van der Waals surface area contributed by atoms with Crippen molar-refractivity contribution in [3.8, 4) is 0 Å². The second kappa shape index (κ2) is 6.85. The molecule has 0 fully saturated rings. The minimum absolute atomic E-state index is 0.0160. The number of pyridine rings is 1. The Morgan fingerprint density at radius 1 is 1.18 bits per heavy atom. The van der Waals surface area contributed by atoms with Crippen LogP contribution in [0.4, 0.5) is 0 Å². The summed E-state index contributed by atoms with van der Waals surface area (Å²) < 4.78 is 1.41. The first-order valence-electron chi connectivity index (χ1n) is 7.10. The maximum atomic E-state index is 12.4. The van der Waals surface area contributed by atoms with Gasteiger partial charge in [-0.15, -0.1) is 0 Å². The summed E-state index contributed by atoms with van der Waals surface area (Å²) in [6.45, 7) is 2.06. The van der Waals surface area contributed by atoms with E-state index in [1.807, 2.05) is 30.3 Å². The third-order valence-corrected chi connectivity index (χ3v) is 3.40. The van der Waals surface area contributed by atoms with E-state index in [0.29, 0.717) is 18.5 Å². The molecule has 22 heavy (non-hydrogen) atoms. The van der Waals surface area contributed by atoms with Crippen molar-refractivity contribution >= 4 is 11.7 Å². The van der Waals surface area contributed by atoms with Gasteiger partial charge >= 0.3 is 0 Å². The van der Waals surface area contributed by atoms with Crippen LogP contribution in [0, 0.1) is 0 Å². The molecule has 5 heteroatoms. The molecule has 114 valence electrons. The lowest BCUT2D eigenvalue weighted by Crippen LogP contribution is -2.32. The van der Waals surface area contributed by atoms with Crippen molar-refractivity contribution < 1.29 is 9.59 Å². The van der Waals surface area contributed by atoms with Crippen molar-refractivity contribution in [3.63, 3.8) is 0 Å². The SMILES string of the molecule is CCC(=O)c1cc(C(=O)NC)c(=O)n(Cc2ccccc2)c1. The highest BCUT2D eigenvalue weighted by Gasteiger charge is 2.16. The second-order valence-electron chi connectivity index (χ2n) is 4.92. The Labute approximate surface area is 128 Å². The Kier molecular flexibility index (Phi) is 4.88. The number of rotatable bonds is 5. The van der Waals surface area contributed by atoms with Gasteiger partial charge < -0.3 is 9.88 Å². The average molecular weight is 298 g/mol. The summed E-state index contributed by atoms with van der Waals surface area (Å²) in [6.07, 6.45) is 1.84. The van der Waals surface area contributed by atoms with E-state index >= 15 is 0 Å². The minimum Gasteiger partial charge on any atom is -0.355 e. The summed E-state index contributed by atoms with van der Waals surface area (Å²) in [5.41, 5.74) is 0.874. The van der Waals surface area contributed by atoms with Crippen molar-refractivity contribution in [2.75, 3.05) is 7.05 Å². The first-order chi connectivity index (χ1) is 10.6. The molecule has 1 aromatic carbocycles. The molecule has 0 radical (unpaired) electrons. The highest BCUT2D eigenvalue weighted by Crippen LogP contribution is 2.07. The molecule has 1 aromatic heterocycles. The first-order valence-corrected chi connectivity index (χ1v) is 7.10. The molecule has 0 aliphatic carbocycles. The van der Waals surface area contributed by atoms with Gasteiger partial charge in [0, 0.05) is 25.2 Å². The lowest BCUT2D eigenvalue weighted by molar-refractivity contribution is 0.0961. The van der Waals surface area contributed by atoms with E-state index in [1.165, 1.54) is 23.9 Å². The monoisotopic (exact) mass is 298 g/mol. The number of aromatic nitrogens is 1. The fourth-order valence-corrected chi connectivity index (χ4v) is 2.19. The Morgan fingerprint density at radius 3 is 2.45 bits per heavy atom. The zero-order valence-corrected chi connectivity index (χ0v) is 12.6. The quantitative estimate of drug-likeness (QED) is 0.857. The zero-order valence-electron chi connectivity index (χ0n) is 12.6. The summed E-state index contributed by atoms with van der Waals surface area (Å²) in [7, 11) is 1.46. The van der Waals surface area contributed by atoms with Crippen molar-refractivity contribution in [3.05, 3.63) is 69.6 Å². The third kappa shape index (κ3) is 3.31. The molecule has 1 N–H and O–H groups in total. The average Bonchev–Trinajstić information content (AvgIpc) is 2.56. The van der Waals surface area contributed by atoms with Crippen molar-refractivity contribution in [1.82, 2.24) is 9.88 Å². The molecule has 1 amide bonds. The Bertz CT molecular complexity index is 748. The summed E-state index contributed by atoms with van der Waals surface area (Å²) >= 11 is 0. The van der Waals surface area contributed by atoms with Gasteiger partial charge in [-0.1, -0.05) is 37.3 Å². The highest BCUT2D eigenvalue weighted by molar-refractivity contribution is 5.99. The first kappa shape index (κ1) is 15.7. The van der Waals surface area contributed by atoms with Gasteiger partial charge in [0.25, 0.3) is 11.5 Å². The lowest BCUT2D eigenvalue weighted by atomic mass is 10.1. The van der Waals surface area contributed by atoms with E-state index in [1.54, 1.807) is 6.92 Å². The molecule has 0 spiro atoms. The maximum Gasteiger partial charge on any atom is 0.263 e. The maximum absolute atomic E-state index is 12.4. The number of carbonyl (C=O) groups is 2. The second-order valence-corrected chi connectivity index (χ2v) is 4.92. The van der Waals surface area contributed by atoms with Crippen LogP contribution in [0.15, 0.2) is 47.4 Å². The number of nitrogens with zero attached hydrogens (tertiary/aromatic N) is 1. The van der Waals surface area contributed by atoms with E-state index in [4.69, 9.17) is 0 Å². The third-order valence-electron chi connectivity index (χ3n) is 3.40. The molecule has 5 nitrogen and oxygen atoms in total. The number of amides is 1. The molecule has 2 rings (SSSR count). The smallest absolute Gasteiger partial charge is 0.263 e. The van der Waals surface area contributed by atoms with Crippen LogP contribution in [0.3, 0.4) is 0 Å². The number of hydrogen-bond acceptors (Lipinski definition) is 3. The number of hydrogen-bond donors (Lipinski definition) is 1. The van der Waals surface area contributed by atoms with E-state index in [-0.39, 0.29) is 11.3 Å². The van der Waals surface area contributed by atoms with Gasteiger partial charge in [-0.05, 0) is 11.6 Å². The minimum atomic E-state index is -0.488. The molecule has 1 heterocycles. The van der Waals surface area contributed by atoms with Crippen LogP contribution in [0.5, 0.6) is 0 Å². The molecular weight excluding hydrogens is 280 g/mol. The standard InChI is InChI=1S/C17H18N2O3/c1-3-15(20)13-9-14(16(21)18-2)17(22)19(11-13)10-12-7-5-4-6-8-12/h4-9,11H,3,10H2,1-2H3,(H,18,21). The molecule has 0 bridgehead atoms. The van der Waals surface area contributed by atoms with E-state index < -0.39 is 11.5 Å². The van der Waals surface area contributed by atoms with Crippen LogP contribution in [0.2, 0.25) is 0 Å². The molecule has 0 saturated heterocycles. The van der Waals surface area contributed by atoms with Gasteiger partial charge in [-0.2, -0.15) is 0 Å². The number of benzene rings is 1. The number of ketones is 1. The van der Waals surface area contributed by atoms with Crippen LogP contribution in [-0.2, 0) is 6.54 Å². The summed E-state index contributed by atoms with van der Waals surface area (Å²) in [4.78, 5) is 36.2. The molecule has 0 unspecified atom stereocenters. The molecule has 0 saturated carbocycles. The van der Waals surface area contributed by atoms with Crippen LogP contribution in [-0.4, -0.2) is 23.3 Å². The van der Waals surface area contributed by atoms with Gasteiger partial charge in [0.1, 0.15) is 5.56 Å². The van der Waals surface area contributed by atoms with Gasteiger partial charge in [0.2, 0.25) is 0 Å². The lowest BCUT2D eigenvalue weighted by Gasteiger charge is -2.11. The van der Waals surface area contributed by atoms with Crippen molar-refractivity contribution in [2.45, 2.75) is 19.9 Å². The topological polar surface area (TPSA) is 68.2 Å². The fraction of sp³-hybridized carbons (Fsp3) is 0.235. The highest BCUT2D eigenvalue weighted by atomic mass is 16.2. The predicted octanol–water partition coefficient (Wildman–Crippen LogP) is 1.85. The van der Waals surface area contributed by atoms with Crippen molar-refractivity contribution in [2.24, 2.45) is 0 Å². The van der Waals surface area contributed by atoms with Gasteiger partial charge in [-0.3, -0.25) is 14.4 Å². The van der Waals surface area contributed by atoms with Crippen LogP contribution in [0.1, 0.15) is 39.6 Å². The molecule has 0 atom stereocenters. The Morgan fingerprint density at radius 2 is 1.86 bits per heavy atom. The van der Waals surface area contributed by atoms with Gasteiger partial charge in [0.15, 0.2) is 5.78 Å². The van der Waals surface area contributed by atoms with Crippen LogP contribution in [0.25, 0.3) is 0 Å². The molecular formula is C17H18N2O3. The van der Waals surface area contributed by atoms with Crippen LogP contribution < -0.4 is 10.9 Å². The van der Waals surface area contributed by atoms with E-state index in [2.05, 4.69) is 5.32 Å². The predicted molar refractivity (Wildman–Crippen MR) is 84.3 cm³/mol. The summed E-state index contributed by atoms with van der Waals surface area (Å²) in [6, 6.07) is 10.8. The molecule has 0 aliphatic heterocycles. The molecule has 0 aliphatic rings. The van der Waals surface area contributed by atoms with E-state index in [9.17, 15) is 14.4 Å². The van der Waals surface area contributed by atoms with Gasteiger partial charge in [0.05, 0.1) is 6.54 Å². The largest absolute Gasteiger partial charge is 0.355 e. The zero-order chi connectivity index (χ0) is 16.1. The summed E-state index contributed by atoms with van der Waals surface area (Å²) in [5, 5.41) is 2.43. The van der Waals surface area contributed by atoms with Crippen molar-refractivity contribution in [1.29, 1.82) is 0 Å². The van der Waals surface area contributed by atoms with E-state index in [0.717, 1.165) is 5.56 Å².